The van der Waals surface area contributed by atoms with Crippen LogP contribution >= 0.6 is 11.6 Å². The first-order valence-electron chi connectivity index (χ1n) is 5.36. The number of hydrogen-bond donors (Lipinski definition) is 1. The molecule has 17 heavy (non-hydrogen) atoms. The third kappa shape index (κ3) is 1.78. The fraction of sp³-hybridized carbons (Fsp3) is 0.333. The molecule has 1 aliphatic rings. The molecule has 0 radical (unpaired) electrons. The van der Waals surface area contributed by atoms with Crippen LogP contribution < -0.4 is 10.6 Å². The minimum absolute atomic E-state index is 0.191. The highest BCUT2D eigenvalue weighted by Crippen LogP contribution is 2.32. The molecule has 0 saturated carbocycles. The molecule has 5 heteroatoms. The van der Waals surface area contributed by atoms with Crippen LogP contribution in [0.2, 0.25) is 5.02 Å². The van der Waals surface area contributed by atoms with Crippen molar-refractivity contribution in [3.8, 4) is 0 Å². The summed E-state index contributed by atoms with van der Waals surface area (Å²) >= 11 is 5.80. The second-order valence-corrected chi connectivity index (χ2v) is 4.70. The lowest BCUT2D eigenvalue weighted by molar-refractivity contribution is -0.122. The van der Waals surface area contributed by atoms with E-state index in [4.69, 9.17) is 17.3 Å². The molecule has 1 aromatic carbocycles. The number of carbonyl (C=O) groups is 2. The van der Waals surface area contributed by atoms with E-state index in [-0.39, 0.29) is 23.7 Å². The lowest BCUT2D eigenvalue weighted by Crippen LogP contribution is -2.30. The average Bonchev–Trinajstić information content (AvgIpc) is 2.48. The maximum atomic E-state index is 12.0. The zero-order valence-corrected chi connectivity index (χ0v) is 10.4. The van der Waals surface area contributed by atoms with E-state index in [1.165, 1.54) is 4.90 Å². The summed E-state index contributed by atoms with van der Waals surface area (Å²) in [6.07, 6.45) is 0. The van der Waals surface area contributed by atoms with Crippen LogP contribution in [0.4, 0.5) is 11.4 Å². The van der Waals surface area contributed by atoms with Crippen molar-refractivity contribution in [2.24, 2.45) is 11.8 Å². The maximum Gasteiger partial charge on any atom is 0.237 e. The van der Waals surface area contributed by atoms with Gasteiger partial charge in [0.15, 0.2) is 0 Å². The topological polar surface area (TPSA) is 63.4 Å². The summed E-state index contributed by atoms with van der Waals surface area (Å²) in [6.45, 7) is 3.51. The van der Waals surface area contributed by atoms with Crippen LogP contribution in [0.1, 0.15) is 13.8 Å². The Morgan fingerprint density at radius 3 is 2.18 bits per heavy atom. The third-order valence-electron chi connectivity index (χ3n) is 3.21. The Balaban J connectivity index is 2.43. The number of amides is 2. The van der Waals surface area contributed by atoms with Crippen molar-refractivity contribution in [1.29, 1.82) is 0 Å². The minimum Gasteiger partial charge on any atom is -0.397 e. The molecular weight excluding hydrogens is 240 g/mol. The lowest BCUT2D eigenvalue weighted by atomic mass is 10.00. The standard InChI is InChI=1S/C12H13ClN2O2/c1-6-7(2)12(17)15(11(6)16)8-3-4-9(13)10(14)5-8/h3-7H,14H2,1-2H3. The van der Waals surface area contributed by atoms with Gasteiger partial charge in [-0.15, -0.1) is 0 Å². The van der Waals surface area contributed by atoms with Gasteiger partial charge in [-0.05, 0) is 18.2 Å². The molecule has 1 fully saturated rings. The molecule has 0 spiro atoms. The summed E-state index contributed by atoms with van der Waals surface area (Å²) < 4.78 is 0. The summed E-state index contributed by atoms with van der Waals surface area (Å²) in [4.78, 5) is 25.1. The van der Waals surface area contributed by atoms with Gasteiger partial charge in [0.05, 0.1) is 16.4 Å². The predicted molar refractivity (Wildman–Crippen MR) is 66.7 cm³/mol. The molecule has 2 atom stereocenters. The predicted octanol–water partition coefficient (Wildman–Crippen LogP) is 2.07. The smallest absolute Gasteiger partial charge is 0.237 e. The van der Waals surface area contributed by atoms with Gasteiger partial charge in [0.1, 0.15) is 0 Å². The fourth-order valence-electron chi connectivity index (χ4n) is 1.87. The minimum atomic E-state index is -0.292. The van der Waals surface area contributed by atoms with E-state index in [1.54, 1.807) is 32.0 Å². The molecule has 4 nitrogen and oxygen atoms in total. The number of hydrogen-bond acceptors (Lipinski definition) is 3. The molecule has 2 unspecified atom stereocenters. The Hall–Kier alpha value is -1.55. The van der Waals surface area contributed by atoms with Crippen LogP contribution in [0, 0.1) is 11.8 Å². The first-order chi connectivity index (χ1) is 7.93. The largest absolute Gasteiger partial charge is 0.397 e. The number of nitrogens with two attached hydrogens (primary N) is 1. The second kappa shape index (κ2) is 4.04. The number of nitrogens with zero attached hydrogens (tertiary/aromatic N) is 1. The Morgan fingerprint density at radius 2 is 1.71 bits per heavy atom. The van der Waals surface area contributed by atoms with Gasteiger partial charge in [0.2, 0.25) is 11.8 Å². The van der Waals surface area contributed by atoms with Gasteiger partial charge in [-0.3, -0.25) is 9.59 Å². The fourth-order valence-corrected chi connectivity index (χ4v) is 1.99. The van der Waals surface area contributed by atoms with Crippen molar-refractivity contribution in [1.82, 2.24) is 0 Å². The van der Waals surface area contributed by atoms with E-state index >= 15 is 0 Å². The normalized spacial score (nSPS) is 24.5. The maximum absolute atomic E-state index is 12.0. The van der Waals surface area contributed by atoms with Crippen LogP contribution in [0.3, 0.4) is 0 Å². The highest BCUT2D eigenvalue weighted by atomic mass is 35.5. The zero-order chi connectivity index (χ0) is 12.7. The number of anilines is 2. The van der Waals surface area contributed by atoms with E-state index in [9.17, 15) is 9.59 Å². The molecule has 0 aromatic heterocycles. The van der Waals surface area contributed by atoms with E-state index in [1.807, 2.05) is 0 Å². The van der Waals surface area contributed by atoms with Gasteiger partial charge in [0, 0.05) is 11.8 Å². The zero-order valence-electron chi connectivity index (χ0n) is 9.61. The van der Waals surface area contributed by atoms with Gasteiger partial charge < -0.3 is 5.73 Å². The number of rotatable bonds is 1. The third-order valence-corrected chi connectivity index (χ3v) is 3.55. The van der Waals surface area contributed by atoms with E-state index in [2.05, 4.69) is 0 Å². The van der Waals surface area contributed by atoms with Gasteiger partial charge in [-0.25, -0.2) is 4.90 Å². The van der Waals surface area contributed by atoms with Crippen LogP contribution in [0.25, 0.3) is 0 Å². The number of halogens is 1. The van der Waals surface area contributed by atoms with E-state index in [0.717, 1.165) is 0 Å². The summed E-state index contributed by atoms with van der Waals surface area (Å²) in [5.74, 6) is -0.966. The van der Waals surface area contributed by atoms with Crippen molar-refractivity contribution in [3.63, 3.8) is 0 Å². The quantitative estimate of drug-likeness (QED) is 0.615. The number of benzene rings is 1. The molecule has 0 bridgehead atoms. The average molecular weight is 253 g/mol. The van der Waals surface area contributed by atoms with Crippen LogP contribution in [-0.4, -0.2) is 11.8 Å². The Bertz CT molecular complexity index is 481. The highest BCUT2D eigenvalue weighted by Gasteiger charge is 2.43. The van der Waals surface area contributed by atoms with E-state index in [0.29, 0.717) is 16.4 Å². The highest BCUT2D eigenvalue weighted by molar-refractivity contribution is 6.33. The molecule has 90 valence electrons. The van der Waals surface area contributed by atoms with Crippen molar-refractivity contribution >= 4 is 34.8 Å². The Kier molecular flexibility index (Phi) is 2.83. The monoisotopic (exact) mass is 252 g/mol. The lowest BCUT2D eigenvalue weighted by Gasteiger charge is -2.15. The van der Waals surface area contributed by atoms with Gasteiger partial charge in [-0.1, -0.05) is 25.4 Å². The molecule has 1 heterocycles. The first kappa shape index (κ1) is 11.9. The second-order valence-electron chi connectivity index (χ2n) is 4.30. The molecule has 1 aromatic rings. The molecule has 1 aliphatic heterocycles. The van der Waals surface area contributed by atoms with Crippen molar-refractivity contribution < 1.29 is 9.59 Å². The van der Waals surface area contributed by atoms with Crippen LogP contribution in [0.15, 0.2) is 18.2 Å². The SMILES string of the molecule is CC1C(=O)N(c2ccc(Cl)c(N)c2)C(=O)C1C. The molecular formula is C12H13ClN2O2. The molecule has 1 saturated heterocycles. The van der Waals surface area contributed by atoms with Crippen LogP contribution in [0.5, 0.6) is 0 Å². The summed E-state index contributed by atoms with van der Waals surface area (Å²) in [7, 11) is 0. The van der Waals surface area contributed by atoms with Crippen molar-refractivity contribution in [2.45, 2.75) is 13.8 Å². The van der Waals surface area contributed by atoms with E-state index < -0.39 is 0 Å². The van der Waals surface area contributed by atoms with Gasteiger partial charge >= 0.3 is 0 Å². The van der Waals surface area contributed by atoms with Gasteiger partial charge in [0.25, 0.3) is 0 Å². The number of carbonyl (C=O) groups excluding carboxylic acids is 2. The van der Waals surface area contributed by atoms with Crippen molar-refractivity contribution in [3.05, 3.63) is 23.2 Å². The summed E-state index contributed by atoms with van der Waals surface area (Å²) in [5, 5.41) is 0.411. The Morgan fingerprint density at radius 1 is 1.18 bits per heavy atom. The van der Waals surface area contributed by atoms with Crippen molar-refractivity contribution in [2.75, 3.05) is 10.6 Å². The first-order valence-corrected chi connectivity index (χ1v) is 5.74. The van der Waals surface area contributed by atoms with Gasteiger partial charge in [-0.2, -0.15) is 0 Å². The number of nitrogen functional groups attached to an aromatic ring is 1. The molecule has 2 rings (SSSR count). The number of imide groups is 1. The van der Waals surface area contributed by atoms with Crippen LogP contribution in [-0.2, 0) is 9.59 Å². The summed E-state index contributed by atoms with van der Waals surface area (Å²) in [5.41, 5.74) is 6.51. The molecule has 2 N–H and O–H groups in total. The molecule has 2 amide bonds. The Labute approximate surface area is 104 Å². The summed E-state index contributed by atoms with van der Waals surface area (Å²) in [6, 6.07) is 4.75. The molecule has 0 aliphatic carbocycles.